The van der Waals surface area contributed by atoms with Crippen LogP contribution in [0, 0.1) is 11.3 Å². The van der Waals surface area contributed by atoms with Gasteiger partial charge in [0.15, 0.2) is 0 Å². The van der Waals surface area contributed by atoms with Gasteiger partial charge in [0, 0.05) is 22.5 Å². The van der Waals surface area contributed by atoms with E-state index in [4.69, 9.17) is 23.2 Å². The van der Waals surface area contributed by atoms with Crippen molar-refractivity contribution in [3.63, 3.8) is 0 Å². The largest absolute Gasteiger partial charge is 0.355 e. The lowest BCUT2D eigenvalue weighted by Crippen LogP contribution is -2.44. The zero-order valence-electron chi connectivity index (χ0n) is 13.2. The molecule has 1 aliphatic heterocycles. The van der Waals surface area contributed by atoms with Crippen molar-refractivity contribution < 1.29 is 4.79 Å². The van der Waals surface area contributed by atoms with Crippen LogP contribution in [0.5, 0.6) is 0 Å². The first-order valence-electron chi connectivity index (χ1n) is 7.82. The summed E-state index contributed by atoms with van der Waals surface area (Å²) in [5.74, 6) is -0.0187. The highest BCUT2D eigenvalue weighted by atomic mass is 35.5. The lowest BCUT2D eigenvalue weighted by molar-refractivity contribution is -0.125. The molecule has 1 fully saturated rings. The minimum atomic E-state index is -0.107. The van der Waals surface area contributed by atoms with E-state index in [9.17, 15) is 4.79 Å². The van der Waals surface area contributed by atoms with Crippen molar-refractivity contribution in [2.75, 3.05) is 19.6 Å². The molecule has 1 unspecified atom stereocenters. The van der Waals surface area contributed by atoms with Crippen LogP contribution in [0.2, 0.25) is 10.0 Å². The first-order valence-corrected chi connectivity index (χ1v) is 8.58. The average molecular weight is 343 g/mol. The standard InChI is InChI=1S/C17H24Cl2N2O/c1-12(9-13-3-4-14(18)10-15(13)19)16(22)21-11-17(2)5-7-20-8-6-17/h3-4,10,12,20H,5-9,11H2,1-2H3,(H,21,22). The summed E-state index contributed by atoms with van der Waals surface area (Å²) in [6, 6.07) is 5.42. The molecular weight excluding hydrogens is 319 g/mol. The first-order chi connectivity index (χ1) is 10.4. The molecule has 0 aliphatic carbocycles. The van der Waals surface area contributed by atoms with Crippen molar-refractivity contribution in [3.05, 3.63) is 33.8 Å². The maximum Gasteiger partial charge on any atom is 0.223 e. The molecule has 22 heavy (non-hydrogen) atoms. The Morgan fingerprint density at radius 1 is 1.36 bits per heavy atom. The number of benzene rings is 1. The van der Waals surface area contributed by atoms with E-state index >= 15 is 0 Å². The molecule has 122 valence electrons. The van der Waals surface area contributed by atoms with Crippen LogP contribution in [0.25, 0.3) is 0 Å². The monoisotopic (exact) mass is 342 g/mol. The quantitative estimate of drug-likeness (QED) is 0.856. The summed E-state index contributed by atoms with van der Waals surface area (Å²) in [4.78, 5) is 12.3. The number of hydrogen-bond acceptors (Lipinski definition) is 2. The Balaban J connectivity index is 1.86. The van der Waals surface area contributed by atoms with Gasteiger partial charge in [-0.25, -0.2) is 0 Å². The van der Waals surface area contributed by atoms with Gasteiger partial charge in [-0.05, 0) is 55.5 Å². The molecule has 1 aliphatic rings. The third-order valence-corrected chi connectivity index (χ3v) is 5.08. The fourth-order valence-electron chi connectivity index (χ4n) is 2.79. The number of carbonyl (C=O) groups excluding carboxylic acids is 1. The number of rotatable bonds is 5. The van der Waals surface area contributed by atoms with Gasteiger partial charge in [-0.3, -0.25) is 4.79 Å². The molecule has 0 spiro atoms. The first kappa shape index (κ1) is 17.6. The molecule has 2 rings (SSSR count). The molecule has 0 bridgehead atoms. The van der Waals surface area contributed by atoms with E-state index in [1.807, 2.05) is 19.1 Å². The van der Waals surface area contributed by atoms with Gasteiger partial charge in [-0.15, -0.1) is 0 Å². The molecule has 1 aromatic carbocycles. The smallest absolute Gasteiger partial charge is 0.223 e. The highest BCUT2D eigenvalue weighted by Crippen LogP contribution is 2.27. The van der Waals surface area contributed by atoms with Crippen LogP contribution in [-0.4, -0.2) is 25.5 Å². The van der Waals surface area contributed by atoms with Crippen LogP contribution in [-0.2, 0) is 11.2 Å². The van der Waals surface area contributed by atoms with Crippen molar-refractivity contribution in [1.29, 1.82) is 0 Å². The molecule has 2 N–H and O–H groups in total. The van der Waals surface area contributed by atoms with Gasteiger partial charge in [-0.2, -0.15) is 0 Å². The zero-order chi connectivity index (χ0) is 16.2. The fraction of sp³-hybridized carbons (Fsp3) is 0.588. The van der Waals surface area contributed by atoms with E-state index in [1.165, 1.54) is 0 Å². The van der Waals surface area contributed by atoms with Crippen LogP contribution in [0.1, 0.15) is 32.3 Å². The molecule has 5 heteroatoms. The van der Waals surface area contributed by atoms with Crippen molar-refractivity contribution in [3.8, 4) is 0 Å². The molecule has 1 saturated heterocycles. The molecule has 0 saturated carbocycles. The van der Waals surface area contributed by atoms with Crippen molar-refractivity contribution >= 4 is 29.1 Å². The predicted octanol–water partition coefficient (Wildman–Crippen LogP) is 3.68. The second-order valence-corrected chi connectivity index (χ2v) is 7.46. The van der Waals surface area contributed by atoms with Crippen LogP contribution in [0.3, 0.4) is 0 Å². The summed E-state index contributed by atoms with van der Waals surface area (Å²) in [6.07, 6.45) is 2.83. The fourth-order valence-corrected chi connectivity index (χ4v) is 3.28. The van der Waals surface area contributed by atoms with Crippen molar-refractivity contribution in [2.45, 2.75) is 33.1 Å². The Morgan fingerprint density at radius 2 is 2.05 bits per heavy atom. The Morgan fingerprint density at radius 3 is 2.68 bits per heavy atom. The van der Waals surface area contributed by atoms with Gasteiger partial charge >= 0.3 is 0 Å². The molecule has 3 nitrogen and oxygen atoms in total. The second-order valence-electron chi connectivity index (χ2n) is 6.62. The number of carbonyl (C=O) groups is 1. The van der Waals surface area contributed by atoms with E-state index < -0.39 is 0 Å². The van der Waals surface area contributed by atoms with E-state index in [1.54, 1.807) is 6.07 Å². The van der Waals surface area contributed by atoms with Gasteiger partial charge in [0.05, 0.1) is 0 Å². The number of hydrogen-bond donors (Lipinski definition) is 2. The maximum absolute atomic E-state index is 12.3. The van der Waals surface area contributed by atoms with Gasteiger partial charge < -0.3 is 10.6 Å². The Hall–Kier alpha value is -0.770. The molecule has 1 amide bonds. The van der Waals surface area contributed by atoms with Gasteiger partial charge in [-0.1, -0.05) is 43.1 Å². The number of nitrogens with one attached hydrogen (secondary N) is 2. The van der Waals surface area contributed by atoms with E-state index in [2.05, 4.69) is 17.6 Å². The third-order valence-electron chi connectivity index (χ3n) is 4.49. The molecule has 0 aromatic heterocycles. The van der Waals surface area contributed by atoms with E-state index in [-0.39, 0.29) is 17.2 Å². The van der Waals surface area contributed by atoms with E-state index in [0.29, 0.717) is 16.5 Å². The Bertz CT molecular complexity index is 527. The highest BCUT2D eigenvalue weighted by Gasteiger charge is 2.27. The zero-order valence-corrected chi connectivity index (χ0v) is 14.7. The van der Waals surface area contributed by atoms with Crippen LogP contribution >= 0.6 is 23.2 Å². The lowest BCUT2D eigenvalue weighted by Gasteiger charge is -2.34. The Kier molecular flexibility index (Phi) is 6.13. The minimum Gasteiger partial charge on any atom is -0.355 e. The average Bonchev–Trinajstić information content (AvgIpc) is 2.48. The third kappa shape index (κ3) is 4.87. The summed E-state index contributed by atoms with van der Waals surface area (Å²) in [5, 5.41) is 7.70. The second kappa shape index (κ2) is 7.67. The lowest BCUT2D eigenvalue weighted by atomic mass is 9.81. The summed E-state index contributed by atoms with van der Waals surface area (Å²) in [5.41, 5.74) is 1.17. The molecule has 1 heterocycles. The summed E-state index contributed by atoms with van der Waals surface area (Å²) in [6.45, 7) is 6.98. The highest BCUT2D eigenvalue weighted by molar-refractivity contribution is 6.35. The number of halogens is 2. The molecule has 1 atom stereocenters. The summed E-state index contributed by atoms with van der Waals surface area (Å²) in [7, 11) is 0. The van der Waals surface area contributed by atoms with Crippen LogP contribution in [0.15, 0.2) is 18.2 Å². The molecule has 1 aromatic rings. The normalized spacial score (nSPS) is 18.7. The van der Waals surface area contributed by atoms with Crippen LogP contribution in [0.4, 0.5) is 0 Å². The topological polar surface area (TPSA) is 41.1 Å². The van der Waals surface area contributed by atoms with Gasteiger partial charge in [0.25, 0.3) is 0 Å². The summed E-state index contributed by atoms with van der Waals surface area (Å²) < 4.78 is 0. The van der Waals surface area contributed by atoms with E-state index in [0.717, 1.165) is 38.0 Å². The van der Waals surface area contributed by atoms with Crippen molar-refractivity contribution in [2.24, 2.45) is 11.3 Å². The summed E-state index contributed by atoms with van der Waals surface area (Å²) >= 11 is 12.1. The van der Waals surface area contributed by atoms with Gasteiger partial charge in [0.1, 0.15) is 0 Å². The molecule has 0 radical (unpaired) electrons. The minimum absolute atomic E-state index is 0.0887. The maximum atomic E-state index is 12.3. The molecular formula is C17H24Cl2N2O. The van der Waals surface area contributed by atoms with Gasteiger partial charge in [0.2, 0.25) is 5.91 Å². The number of amides is 1. The van der Waals surface area contributed by atoms with Crippen LogP contribution < -0.4 is 10.6 Å². The SMILES string of the molecule is CC(Cc1ccc(Cl)cc1Cl)C(=O)NCC1(C)CCNCC1. The van der Waals surface area contributed by atoms with Crippen molar-refractivity contribution in [1.82, 2.24) is 10.6 Å². The number of piperidine rings is 1. The Labute approximate surface area is 142 Å². The predicted molar refractivity (Wildman–Crippen MR) is 92.6 cm³/mol.